The van der Waals surface area contributed by atoms with Crippen molar-refractivity contribution < 1.29 is 22.1 Å². The molecule has 2 heterocycles. The fraction of sp³-hybridized carbons (Fsp3) is 0.333. The maximum Gasteiger partial charge on any atom is 0.296 e. The molecule has 0 aliphatic carbocycles. The molecule has 0 fully saturated rings. The van der Waals surface area contributed by atoms with Gasteiger partial charge in [0.1, 0.15) is 22.7 Å². The van der Waals surface area contributed by atoms with E-state index in [1.165, 1.54) is 0 Å². The molecule has 0 unspecified atom stereocenters. The van der Waals surface area contributed by atoms with E-state index in [-0.39, 0.29) is 18.2 Å². The first-order valence-electron chi connectivity index (χ1n) is 6.58. The second-order valence-electron chi connectivity index (χ2n) is 5.71. The van der Waals surface area contributed by atoms with Crippen LogP contribution >= 0.6 is 0 Å². The number of aryl methyl sites for hydroxylation is 2. The second kappa shape index (κ2) is 4.77. The van der Waals surface area contributed by atoms with Crippen LogP contribution in [0.4, 0.5) is 0 Å². The highest BCUT2D eigenvalue weighted by Crippen LogP contribution is 2.33. The number of halogens is 1. The van der Waals surface area contributed by atoms with Crippen molar-refractivity contribution in [1.29, 1.82) is 0 Å². The lowest BCUT2D eigenvalue weighted by molar-refractivity contribution is -0.648. The smallest absolute Gasteiger partial charge is 0.296 e. The summed E-state index contributed by atoms with van der Waals surface area (Å²) in [5.74, 6) is 1.46. The Labute approximate surface area is 129 Å². The molecule has 1 aromatic heterocycles. The van der Waals surface area contributed by atoms with Crippen LogP contribution in [-0.2, 0) is 14.1 Å². The number of imidazole rings is 1. The van der Waals surface area contributed by atoms with Crippen LogP contribution in [0, 0.1) is 0 Å². The number of rotatable bonds is 1. The maximum atomic E-state index is 10.5. The Kier molecular flexibility index (Phi) is 3.49. The van der Waals surface area contributed by atoms with Gasteiger partial charge in [-0.1, -0.05) is 12.1 Å². The van der Waals surface area contributed by atoms with E-state index in [4.69, 9.17) is 5.73 Å². The Hall–Kier alpha value is -2.01. The van der Waals surface area contributed by atoms with E-state index < -0.39 is 5.54 Å². The average molecular weight is 307 g/mol. The Bertz CT molecular complexity index is 747. The predicted molar refractivity (Wildman–Crippen MR) is 79.3 cm³/mol. The molecule has 1 aromatic carbocycles. The maximum absolute atomic E-state index is 10.5. The van der Waals surface area contributed by atoms with Crippen molar-refractivity contribution in [2.45, 2.75) is 19.4 Å². The van der Waals surface area contributed by atoms with Crippen molar-refractivity contribution in [3.8, 4) is 0 Å². The van der Waals surface area contributed by atoms with Gasteiger partial charge in [0.05, 0.1) is 14.1 Å². The Morgan fingerprint density at radius 3 is 2.43 bits per heavy atom. The molecule has 0 saturated carbocycles. The predicted octanol–water partition coefficient (Wildman–Crippen LogP) is -1.57. The van der Waals surface area contributed by atoms with Crippen LogP contribution in [0.2, 0.25) is 0 Å². The summed E-state index contributed by atoms with van der Waals surface area (Å²) in [6, 6.07) is 8.08. The molecule has 0 amide bonds. The fourth-order valence-corrected chi connectivity index (χ4v) is 2.88. The number of aliphatic hydroxyl groups is 1. The van der Waals surface area contributed by atoms with Crippen molar-refractivity contribution in [2.75, 3.05) is 0 Å². The summed E-state index contributed by atoms with van der Waals surface area (Å²) in [7, 11) is 3.94. The number of aromatic nitrogens is 2. The summed E-state index contributed by atoms with van der Waals surface area (Å²) in [6.07, 6.45) is 0. The molecule has 0 bridgehead atoms. The Morgan fingerprint density at radius 1 is 1.29 bits per heavy atom. The van der Waals surface area contributed by atoms with E-state index in [2.05, 4.69) is 4.99 Å². The Balaban J connectivity index is 0.00000161. The van der Waals surface area contributed by atoms with E-state index in [1.54, 1.807) is 0 Å². The van der Waals surface area contributed by atoms with Crippen LogP contribution in [-0.4, -0.2) is 21.0 Å². The molecule has 0 spiro atoms. The lowest BCUT2D eigenvalue weighted by atomic mass is 10.0. The van der Waals surface area contributed by atoms with Gasteiger partial charge in [-0.3, -0.25) is 4.99 Å². The first kappa shape index (κ1) is 15.4. The fourth-order valence-electron chi connectivity index (χ4n) is 2.88. The molecule has 6 heteroatoms. The van der Waals surface area contributed by atoms with Crippen molar-refractivity contribution in [1.82, 2.24) is 4.57 Å². The van der Waals surface area contributed by atoms with Crippen molar-refractivity contribution >= 4 is 22.4 Å². The number of fused-ring (bicyclic) bond motifs is 1. The summed E-state index contributed by atoms with van der Waals surface area (Å²) in [6.45, 7) is 3.70. The number of hydrogen-bond acceptors (Lipinski definition) is 3. The number of nitrogens with two attached hydrogens (primary N) is 1. The van der Waals surface area contributed by atoms with Gasteiger partial charge in [-0.05, 0) is 26.0 Å². The van der Waals surface area contributed by atoms with E-state index in [1.807, 2.05) is 61.3 Å². The van der Waals surface area contributed by atoms with Gasteiger partial charge < -0.3 is 23.2 Å². The van der Waals surface area contributed by atoms with E-state index in [0.717, 1.165) is 16.9 Å². The van der Waals surface area contributed by atoms with Gasteiger partial charge in [-0.25, -0.2) is 9.13 Å². The molecule has 0 atom stereocenters. The van der Waals surface area contributed by atoms with Crippen LogP contribution in [0.1, 0.15) is 19.7 Å². The molecule has 1 aliphatic rings. The van der Waals surface area contributed by atoms with Crippen LogP contribution in [0.15, 0.2) is 35.0 Å². The highest BCUT2D eigenvalue weighted by atomic mass is 35.5. The number of benzene rings is 1. The zero-order valence-electron chi connectivity index (χ0n) is 12.6. The van der Waals surface area contributed by atoms with Crippen LogP contribution in [0.25, 0.3) is 16.6 Å². The molecule has 1 aliphatic heterocycles. The van der Waals surface area contributed by atoms with E-state index in [0.29, 0.717) is 11.4 Å². The molecular formula is C15H19ClN4O. The second-order valence-corrected chi connectivity index (χ2v) is 5.71. The van der Waals surface area contributed by atoms with Crippen molar-refractivity contribution in [2.24, 2.45) is 24.8 Å². The summed E-state index contributed by atoms with van der Waals surface area (Å²) in [5.41, 5.74) is 8.17. The normalized spacial score (nSPS) is 17.0. The monoisotopic (exact) mass is 306 g/mol. The molecule has 2 aromatic rings. The number of nitrogens with zero attached hydrogens (tertiary/aromatic N) is 3. The minimum absolute atomic E-state index is 0. The number of hydrogen-bond donors (Lipinski definition) is 2. The van der Waals surface area contributed by atoms with Gasteiger partial charge >= 0.3 is 0 Å². The highest BCUT2D eigenvalue weighted by molar-refractivity contribution is 6.23. The quantitative estimate of drug-likeness (QED) is 0.625. The first-order chi connectivity index (χ1) is 9.34. The van der Waals surface area contributed by atoms with Gasteiger partial charge in [0, 0.05) is 0 Å². The largest absolute Gasteiger partial charge is 1.00 e. The lowest BCUT2D eigenvalue weighted by Crippen LogP contribution is -3.00. The third kappa shape index (κ3) is 2.00. The lowest BCUT2D eigenvalue weighted by Gasteiger charge is -2.13. The first-order valence-corrected chi connectivity index (χ1v) is 6.58. The zero-order chi connectivity index (χ0) is 14.7. The van der Waals surface area contributed by atoms with Gasteiger partial charge in [-0.15, -0.1) is 0 Å². The van der Waals surface area contributed by atoms with E-state index in [9.17, 15) is 5.11 Å². The van der Waals surface area contributed by atoms with Gasteiger partial charge in [-0.2, -0.15) is 0 Å². The van der Waals surface area contributed by atoms with Crippen molar-refractivity contribution in [3.05, 3.63) is 35.8 Å². The molecule has 21 heavy (non-hydrogen) atoms. The average Bonchev–Trinajstić information content (AvgIpc) is 2.75. The SMILES string of the molecule is Cn1c(C2=C(O)C(C)(C)N=C2N)[n+](C)c2ccccc21.[Cl-]. The topological polar surface area (TPSA) is 67.4 Å². The number of aliphatic imine (C=N–C) groups is 1. The van der Waals surface area contributed by atoms with Crippen molar-refractivity contribution in [3.63, 3.8) is 0 Å². The minimum atomic E-state index is -0.664. The van der Waals surface area contributed by atoms with Gasteiger partial charge in [0.2, 0.25) is 0 Å². The standard InChI is InChI=1S/C15H18N4O.ClH/c1-15(2)12(20)11(13(16)17-15)14-18(3)9-7-5-6-8-10(9)19(14)4;/h5-8H,1-4H3,(H2,16,17);1H. The molecule has 3 rings (SSSR count). The summed E-state index contributed by atoms with van der Waals surface area (Å²) in [5, 5.41) is 10.5. The minimum Gasteiger partial charge on any atom is -1.00 e. The summed E-state index contributed by atoms with van der Waals surface area (Å²) >= 11 is 0. The van der Waals surface area contributed by atoms with Gasteiger partial charge in [0.25, 0.3) is 5.82 Å². The van der Waals surface area contributed by atoms with E-state index >= 15 is 0 Å². The molecule has 3 N–H and O–H groups in total. The molecule has 112 valence electrons. The zero-order valence-corrected chi connectivity index (χ0v) is 13.3. The highest BCUT2D eigenvalue weighted by Gasteiger charge is 2.39. The molecular weight excluding hydrogens is 288 g/mol. The van der Waals surface area contributed by atoms with Crippen LogP contribution in [0.3, 0.4) is 0 Å². The number of aliphatic hydroxyl groups excluding tert-OH is 1. The van der Waals surface area contributed by atoms with Crippen LogP contribution in [0.5, 0.6) is 0 Å². The summed E-state index contributed by atoms with van der Waals surface area (Å²) < 4.78 is 4.06. The molecule has 0 saturated heterocycles. The Morgan fingerprint density at radius 2 is 1.90 bits per heavy atom. The van der Waals surface area contributed by atoms with Crippen LogP contribution < -0.4 is 22.7 Å². The summed E-state index contributed by atoms with van der Waals surface area (Å²) in [4.78, 5) is 4.36. The molecule has 5 nitrogen and oxygen atoms in total. The number of amidine groups is 1. The molecule has 0 radical (unpaired) electrons. The third-order valence-electron chi connectivity index (χ3n) is 3.94. The van der Waals surface area contributed by atoms with Gasteiger partial charge in [0.15, 0.2) is 11.0 Å². The number of para-hydroxylation sites is 2. The third-order valence-corrected chi connectivity index (χ3v) is 3.94.